The van der Waals surface area contributed by atoms with Crippen LogP contribution in [0.3, 0.4) is 0 Å². The number of carbonyl (C=O) groups is 1. The van der Waals surface area contributed by atoms with Crippen LogP contribution in [0.15, 0.2) is 18.3 Å². The summed E-state index contributed by atoms with van der Waals surface area (Å²) >= 11 is 0. The highest BCUT2D eigenvalue weighted by Gasteiger charge is 2.23. The Balaban J connectivity index is 2.22. The van der Waals surface area contributed by atoms with Gasteiger partial charge < -0.3 is 0 Å². The summed E-state index contributed by atoms with van der Waals surface area (Å²) in [6, 6.07) is 4.01. The molecule has 2 heterocycles. The molecule has 16 heavy (non-hydrogen) atoms. The van der Waals surface area contributed by atoms with Crippen molar-refractivity contribution in [3.05, 3.63) is 23.9 Å². The molecule has 86 valence electrons. The van der Waals surface area contributed by atoms with E-state index in [4.69, 9.17) is 0 Å². The van der Waals surface area contributed by atoms with Crippen LogP contribution in [0.4, 0.5) is 5.82 Å². The highest BCUT2D eigenvalue weighted by molar-refractivity contribution is 5.94. The Kier molecular flexibility index (Phi) is 2.70. The summed E-state index contributed by atoms with van der Waals surface area (Å²) in [6.45, 7) is 7.28. The average molecular weight is 218 g/mol. The summed E-state index contributed by atoms with van der Waals surface area (Å²) in [5.74, 6) is 0.978. The number of amides is 1. The zero-order valence-corrected chi connectivity index (χ0v) is 10.2. The zero-order valence-electron chi connectivity index (χ0n) is 10.2. The molecule has 1 saturated heterocycles. The molecule has 0 N–H and O–H groups in total. The van der Waals surface area contributed by atoms with E-state index in [1.165, 1.54) is 5.56 Å². The number of carbonyl (C=O) groups excluding carboxylic acids is 1. The van der Waals surface area contributed by atoms with E-state index in [1.54, 1.807) is 4.90 Å². The third-order valence-electron chi connectivity index (χ3n) is 2.96. The minimum absolute atomic E-state index is 0.112. The SMILES string of the molecule is CC(C)(C)c1ccc(N2CCCC2=O)nc1. The van der Waals surface area contributed by atoms with Crippen molar-refractivity contribution in [2.45, 2.75) is 39.0 Å². The number of hydrogen-bond donors (Lipinski definition) is 0. The lowest BCUT2D eigenvalue weighted by atomic mass is 9.88. The fraction of sp³-hybridized carbons (Fsp3) is 0.538. The van der Waals surface area contributed by atoms with E-state index >= 15 is 0 Å². The molecule has 0 saturated carbocycles. The van der Waals surface area contributed by atoms with Crippen molar-refractivity contribution in [3.8, 4) is 0 Å². The minimum Gasteiger partial charge on any atom is -0.297 e. The molecule has 1 fully saturated rings. The van der Waals surface area contributed by atoms with Crippen molar-refractivity contribution in [2.75, 3.05) is 11.4 Å². The Morgan fingerprint density at radius 2 is 2.06 bits per heavy atom. The minimum atomic E-state index is 0.112. The maximum atomic E-state index is 11.5. The Labute approximate surface area is 96.5 Å². The van der Waals surface area contributed by atoms with Gasteiger partial charge in [-0.1, -0.05) is 26.8 Å². The zero-order chi connectivity index (χ0) is 11.8. The van der Waals surface area contributed by atoms with Gasteiger partial charge in [0, 0.05) is 19.2 Å². The van der Waals surface area contributed by atoms with Gasteiger partial charge in [0.25, 0.3) is 0 Å². The van der Waals surface area contributed by atoms with E-state index in [2.05, 4.69) is 31.8 Å². The van der Waals surface area contributed by atoms with Gasteiger partial charge in [-0.15, -0.1) is 0 Å². The molecular weight excluding hydrogens is 200 g/mol. The Hall–Kier alpha value is -1.38. The van der Waals surface area contributed by atoms with Crippen molar-refractivity contribution >= 4 is 11.7 Å². The van der Waals surface area contributed by atoms with E-state index < -0.39 is 0 Å². The van der Waals surface area contributed by atoms with Crippen LogP contribution >= 0.6 is 0 Å². The predicted molar refractivity (Wildman–Crippen MR) is 64.5 cm³/mol. The first-order valence-electron chi connectivity index (χ1n) is 5.75. The molecule has 0 aromatic carbocycles. The van der Waals surface area contributed by atoms with Crippen LogP contribution < -0.4 is 4.90 Å². The van der Waals surface area contributed by atoms with Crippen molar-refractivity contribution in [1.29, 1.82) is 0 Å². The lowest BCUT2D eigenvalue weighted by Crippen LogP contribution is -2.25. The van der Waals surface area contributed by atoms with Crippen LogP contribution in [0, 0.1) is 0 Å². The maximum absolute atomic E-state index is 11.5. The summed E-state index contributed by atoms with van der Waals surface area (Å²) in [4.78, 5) is 17.7. The van der Waals surface area contributed by atoms with Gasteiger partial charge >= 0.3 is 0 Å². The van der Waals surface area contributed by atoms with Gasteiger partial charge in [-0.25, -0.2) is 4.98 Å². The van der Waals surface area contributed by atoms with Gasteiger partial charge in [-0.05, 0) is 23.5 Å². The molecule has 0 aliphatic carbocycles. The van der Waals surface area contributed by atoms with Crippen molar-refractivity contribution in [2.24, 2.45) is 0 Å². The van der Waals surface area contributed by atoms with Gasteiger partial charge in [-0.2, -0.15) is 0 Å². The molecule has 1 aliphatic heterocycles. The largest absolute Gasteiger partial charge is 0.297 e. The summed E-state index contributed by atoms with van der Waals surface area (Å²) in [5.41, 5.74) is 1.31. The molecule has 0 unspecified atom stereocenters. The lowest BCUT2D eigenvalue weighted by molar-refractivity contribution is -0.117. The van der Waals surface area contributed by atoms with Crippen LogP contribution in [0.25, 0.3) is 0 Å². The van der Waals surface area contributed by atoms with E-state index in [0.29, 0.717) is 6.42 Å². The molecule has 2 rings (SSSR count). The first-order valence-corrected chi connectivity index (χ1v) is 5.75. The molecule has 0 radical (unpaired) electrons. The van der Waals surface area contributed by atoms with E-state index in [1.807, 2.05) is 12.3 Å². The highest BCUT2D eigenvalue weighted by Crippen LogP contribution is 2.24. The van der Waals surface area contributed by atoms with Crippen LogP contribution in [0.1, 0.15) is 39.2 Å². The quantitative estimate of drug-likeness (QED) is 0.725. The number of pyridine rings is 1. The third-order valence-corrected chi connectivity index (χ3v) is 2.96. The van der Waals surface area contributed by atoms with Gasteiger partial charge in [-0.3, -0.25) is 9.69 Å². The fourth-order valence-electron chi connectivity index (χ4n) is 1.88. The summed E-state index contributed by atoms with van der Waals surface area (Å²) in [6.07, 6.45) is 3.48. The summed E-state index contributed by atoms with van der Waals surface area (Å²) < 4.78 is 0. The molecule has 3 nitrogen and oxygen atoms in total. The van der Waals surface area contributed by atoms with Gasteiger partial charge in [0.15, 0.2) is 0 Å². The maximum Gasteiger partial charge on any atom is 0.228 e. The number of nitrogens with zero attached hydrogens (tertiary/aromatic N) is 2. The van der Waals surface area contributed by atoms with Crippen molar-refractivity contribution in [1.82, 2.24) is 4.98 Å². The second-order valence-electron chi connectivity index (χ2n) is 5.30. The van der Waals surface area contributed by atoms with Crippen LogP contribution in [-0.4, -0.2) is 17.4 Å². The Morgan fingerprint density at radius 1 is 1.31 bits per heavy atom. The van der Waals surface area contributed by atoms with Crippen molar-refractivity contribution < 1.29 is 4.79 Å². The molecule has 1 amide bonds. The lowest BCUT2D eigenvalue weighted by Gasteiger charge is -2.20. The third kappa shape index (κ3) is 2.08. The molecule has 0 spiro atoms. The second kappa shape index (κ2) is 3.89. The summed E-state index contributed by atoms with van der Waals surface area (Å²) in [7, 11) is 0. The molecule has 1 aliphatic rings. The van der Waals surface area contributed by atoms with Crippen LogP contribution in [-0.2, 0) is 10.2 Å². The Morgan fingerprint density at radius 3 is 2.50 bits per heavy atom. The monoisotopic (exact) mass is 218 g/mol. The molecular formula is C13H18N2O. The van der Waals surface area contributed by atoms with Gasteiger partial charge in [0.05, 0.1) is 0 Å². The summed E-state index contributed by atoms with van der Waals surface area (Å²) in [5, 5.41) is 0. The number of rotatable bonds is 1. The molecule has 0 atom stereocenters. The van der Waals surface area contributed by atoms with E-state index in [-0.39, 0.29) is 11.3 Å². The number of hydrogen-bond acceptors (Lipinski definition) is 2. The molecule has 0 bridgehead atoms. The Bertz CT molecular complexity index is 389. The highest BCUT2D eigenvalue weighted by atomic mass is 16.2. The second-order valence-corrected chi connectivity index (χ2v) is 5.30. The van der Waals surface area contributed by atoms with Crippen LogP contribution in [0.2, 0.25) is 0 Å². The number of aromatic nitrogens is 1. The average Bonchev–Trinajstić information content (AvgIpc) is 2.63. The first-order chi connectivity index (χ1) is 7.48. The fourth-order valence-corrected chi connectivity index (χ4v) is 1.88. The normalized spacial score (nSPS) is 16.9. The molecule has 3 heteroatoms. The van der Waals surface area contributed by atoms with E-state index in [9.17, 15) is 4.79 Å². The molecule has 1 aromatic heterocycles. The topological polar surface area (TPSA) is 33.2 Å². The van der Waals surface area contributed by atoms with Gasteiger partial charge in [0.2, 0.25) is 5.91 Å². The first kappa shape index (κ1) is 11.1. The smallest absolute Gasteiger partial charge is 0.228 e. The molecule has 1 aromatic rings. The van der Waals surface area contributed by atoms with Crippen LogP contribution in [0.5, 0.6) is 0 Å². The van der Waals surface area contributed by atoms with E-state index in [0.717, 1.165) is 18.8 Å². The predicted octanol–water partition coefficient (Wildman–Crippen LogP) is 2.51. The number of anilines is 1. The standard InChI is InChI=1S/C13H18N2O/c1-13(2,3)10-6-7-11(14-9-10)15-8-4-5-12(15)16/h6-7,9H,4-5,8H2,1-3H3. The van der Waals surface area contributed by atoms with Gasteiger partial charge in [0.1, 0.15) is 5.82 Å². The van der Waals surface area contributed by atoms with Crippen molar-refractivity contribution in [3.63, 3.8) is 0 Å².